The summed E-state index contributed by atoms with van der Waals surface area (Å²) in [5.74, 6) is 1.38. The summed E-state index contributed by atoms with van der Waals surface area (Å²) in [5, 5.41) is 18.1. The summed E-state index contributed by atoms with van der Waals surface area (Å²) in [6, 6.07) is 5.95. The molecule has 1 atom stereocenters. The molecule has 0 spiro atoms. The monoisotopic (exact) mass is 247 g/mol. The molecule has 0 radical (unpaired) electrons. The van der Waals surface area contributed by atoms with Gasteiger partial charge in [0.05, 0.1) is 18.6 Å². The Morgan fingerprint density at radius 1 is 1.39 bits per heavy atom. The van der Waals surface area contributed by atoms with Crippen LogP contribution >= 0.6 is 0 Å². The number of aromatic nitrogens is 1. The third-order valence-corrected chi connectivity index (χ3v) is 2.66. The van der Waals surface area contributed by atoms with Crippen LogP contribution in [-0.4, -0.2) is 23.2 Å². The highest BCUT2D eigenvalue weighted by Crippen LogP contribution is 2.17. The number of hydrogen-bond acceptors (Lipinski definition) is 4. The summed E-state index contributed by atoms with van der Waals surface area (Å²) >= 11 is 0. The number of nitriles is 1. The minimum Gasteiger partial charge on any atom is -0.389 e. The van der Waals surface area contributed by atoms with Gasteiger partial charge in [-0.25, -0.2) is 4.98 Å². The molecule has 1 aromatic heterocycles. The molecule has 4 nitrogen and oxygen atoms in total. The molecule has 0 aromatic carbocycles. The lowest BCUT2D eigenvalue weighted by Gasteiger charge is -2.24. The Hall–Kier alpha value is -1.60. The van der Waals surface area contributed by atoms with Crippen LogP contribution in [-0.2, 0) is 0 Å². The summed E-state index contributed by atoms with van der Waals surface area (Å²) in [7, 11) is 0. The van der Waals surface area contributed by atoms with Crippen LogP contribution in [0.15, 0.2) is 18.3 Å². The maximum absolute atomic E-state index is 9.44. The summed E-state index contributed by atoms with van der Waals surface area (Å²) in [5.41, 5.74) is 0.809. The maximum Gasteiger partial charge on any atom is 0.128 e. The molecule has 0 aliphatic rings. The smallest absolute Gasteiger partial charge is 0.128 e. The van der Waals surface area contributed by atoms with E-state index in [9.17, 15) is 5.11 Å². The Balaban J connectivity index is 2.81. The SMILES string of the molecule is CC(C)CN(CCC#N)c1ccc(C(C)O)cn1. The fourth-order valence-corrected chi connectivity index (χ4v) is 1.76. The second-order valence-corrected chi connectivity index (χ2v) is 4.87. The first-order valence-electron chi connectivity index (χ1n) is 6.30. The first kappa shape index (κ1) is 14.5. The predicted molar refractivity (Wildman–Crippen MR) is 72.2 cm³/mol. The highest BCUT2D eigenvalue weighted by atomic mass is 16.3. The highest BCUT2D eigenvalue weighted by Gasteiger charge is 2.10. The van der Waals surface area contributed by atoms with E-state index >= 15 is 0 Å². The zero-order chi connectivity index (χ0) is 13.5. The Bertz CT molecular complexity index is 392. The third kappa shape index (κ3) is 4.34. The van der Waals surface area contributed by atoms with Gasteiger partial charge in [-0.1, -0.05) is 19.9 Å². The number of aliphatic hydroxyl groups is 1. The van der Waals surface area contributed by atoms with Gasteiger partial charge in [-0.05, 0) is 24.5 Å². The van der Waals surface area contributed by atoms with Crippen molar-refractivity contribution in [3.8, 4) is 6.07 Å². The first-order valence-corrected chi connectivity index (χ1v) is 6.30. The van der Waals surface area contributed by atoms with E-state index in [4.69, 9.17) is 5.26 Å². The highest BCUT2D eigenvalue weighted by molar-refractivity contribution is 5.39. The molecule has 4 heteroatoms. The molecule has 1 rings (SSSR count). The van der Waals surface area contributed by atoms with Crippen LogP contribution in [0.2, 0.25) is 0 Å². The number of pyridine rings is 1. The molecule has 98 valence electrons. The summed E-state index contributed by atoms with van der Waals surface area (Å²) < 4.78 is 0. The molecule has 18 heavy (non-hydrogen) atoms. The van der Waals surface area contributed by atoms with Crippen LogP contribution in [0.3, 0.4) is 0 Å². The van der Waals surface area contributed by atoms with Gasteiger partial charge >= 0.3 is 0 Å². The lowest BCUT2D eigenvalue weighted by Crippen LogP contribution is -2.29. The number of aliphatic hydroxyl groups excluding tert-OH is 1. The fourth-order valence-electron chi connectivity index (χ4n) is 1.76. The van der Waals surface area contributed by atoms with Gasteiger partial charge in [0.1, 0.15) is 5.82 Å². The van der Waals surface area contributed by atoms with Gasteiger partial charge in [0.2, 0.25) is 0 Å². The van der Waals surface area contributed by atoms with Crippen molar-refractivity contribution in [3.05, 3.63) is 23.9 Å². The van der Waals surface area contributed by atoms with E-state index in [-0.39, 0.29) is 0 Å². The van der Waals surface area contributed by atoms with Crippen molar-refractivity contribution in [2.75, 3.05) is 18.0 Å². The molecule has 0 aliphatic carbocycles. The van der Waals surface area contributed by atoms with E-state index in [1.54, 1.807) is 13.1 Å². The zero-order valence-electron chi connectivity index (χ0n) is 11.3. The van der Waals surface area contributed by atoms with Crippen LogP contribution in [0.5, 0.6) is 0 Å². The average Bonchev–Trinajstić information content (AvgIpc) is 2.34. The summed E-state index contributed by atoms with van der Waals surface area (Å²) in [4.78, 5) is 6.47. The molecule has 0 saturated heterocycles. The molecular formula is C14H21N3O. The van der Waals surface area contributed by atoms with Crippen molar-refractivity contribution in [1.82, 2.24) is 4.98 Å². The Morgan fingerprint density at radius 2 is 2.11 bits per heavy atom. The van der Waals surface area contributed by atoms with Gasteiger partial charge in [0, 0.05) is 19.3 Å². The van der Waals surface area contributed by atoms with E-state index in [1.807, 2.05) is 12.1 Å². The van der Waals surface area contributed by atoms with Gasteiger partial charge in [-0.15, -0.1) is 0 Å². The van der Waals surface area contributed by atoms with Crippen molar-refractivity contribution >= 4 is 5.82 Å². The predicted octanol–water partition coefficient (Wildman–Crippen LogP) is 2.51. The van der Waals surface area contributed by atoms with Crippen LogP contribution in [0, 0.1) is 17.2 Å². The van der Waals surface area contributed by atoms with Crippen LogP contribution in [0.1, 0.15) is 38.9 Å². The minimum absolute atomic E-state index is 0.493. The van der Waals surface area contributed by atoms with E-state index in [0.717, 1.165) is 17.9 Å². The second kappa shape index (κ2) is 6.97. The van der Waals surface area contributed by atoms with Gasteiger partial charge < -0.3 is 10.0 Å². The molecule has 0 saturated carbocycles. The molecule has 0 bridgehead atoms. The van der Waals surface area contributed by atoms with E-state index in [1.165, 1.54) is 0 Å². The fraction of sp³-hybridized carbons (Fsp3) is 0.571. The number of nitrogens with zero attached hydrogens (tertiary/aromatic N) is 3. The quantitative estimate of drug-likeness (QED) is 0.839. The number of rotatable bonds is 6. The largest absolute Gasteiger partial charge is 0.389 e. The van der Waals surface area contributed by atoms with Gasteiger partial charge in [-0.3, -0.25) is 0 Å². The van der Waals surface area contributed by atoms with Crippen molar-refractivity contribution in [3.63, 3.8) is 0 Å². The molecule has 0 amide bonds. The Kier molecular flexibility index (Phi) is 5.60. The maximum atomic E-state index is 9.44. The second-order valence-electron chi connectivity index (χ2n) is 4.87. The number of anilines is 1. The summed E-state index contributed by atoms with van der Waals surface area (Å²) in [6.45, 7) is 7.57. The lowest BCUT2D eigenvalue weighted by atomic mass is 10.1. The topological polar surface area (TPSA) is 60.2 Å². The van der Waals surface area contributed by atoms with Crippen LogP contribution in [0.4, 0.5) is 5.82 Å². The standard InChI is InChI=1S/C14H21N3O/c1-11(2)10-17(8-4-7-15)14-6-5-13(9-16-14)12(3)18/h5-6,9,11-12,18H,4,8,10H2,1-3H3. The van der Waals surface area contributed by atoms with E-state index in [0.29, 0.717) is 18.9 Å². The Labute approximate surface area is 109 Å². The minimum atomic E-state index is -0.496. The van der Waals surface area contributed by atoms with Gasteiger partial charge in [0.25, 0.3) is 0 Å². The zero-order valence-corrected chi connectivity index (χ0v) is 11.3. The van der Waals surface area contributed by atoms with Crippen LogP contribution < -0.4 is 4.90 Å². The summed E-state index contributed by atoms with van der Waals surface area (Å²) in [6.07, 6.45) is 1.69. The number of hydrogen-bond donors (Lipinski definition) is 1. The van der Waals surface area contributed by atoms with Crippen LogP contribution in [0.25, 0.3) is 0 Å². The van der Waals surface area contributed by atoms with E-state index in [2.05, 4.69) is 29.8 Å². The molecule has 0 fully saturated rings. The van der Waals surface area contributed by atoms with Crippen molar-refractivity contribution in [2.24, 2.45) is 5.92 Å². The molecule has 1 N–H and O–H groups in total. The van der Waals surface area contributed by atoms with Gasteiger partial charge in [0.15, 0.2) is 0 Å². The lowest BCUT2D eigenvalue weighted by molar-refractivity contribution is 0.199. The Morgan fingerprint density at radius 3 is 2.56 bits per heavy atom. The molecule has 1 aromatic rings. The molecular weight excluding hydrogens is 226 g/mol. The van der Waals surface area contributed by atoms with Gasteiger partial charge in [-0.2, -0.15) is 5.26 Å². The molecule has 1 heterocycles. The average molecular weight is 247 g/mol. The van der Waals surface area contributed by atoms with E-state index < -0.39 is 6.10 Å². The molecule has 0 aliphatic heterocycles. The van der Waals surface area contributed by atoms with Crippen molar-refractivity contribution in [2.45, 2.75) is 33.3 Å². The van der Waals surface area contributed by atoms with Crippen molar-refractivity contribution < 1.29 is 5.11 Å². The normalized spacial score (nSPS) is 12.2. The molecule has 1 unspecified atom stereocenters. The third-order valence-electron chi connectivity index (χ3n) is 2.66. The first-order chi connectivity index (χ1) is 8.54. The van der Waals surface area contributed by atoms with Crippen molar-refractivity contribution in [1.29, 1.82) is 5.26 Å².